The molecule has 1 aliphatic carbocycles. The quantitative estimate of drug-likeness (QED) is 0.773. The molecule has 3 heterocycles. The molecule has 3 aromatic heterocycles. The molecule has 0 unspecified atom stereocenters. The van der Waals surface area contributed by atoms with Crippen LogP contribution in [-0.2, 0) is 0 Å². The predicted molar refractivity (Wildman–Crippen MR) is 87.7 cm³/mol. The standard InChI is InChI=1S/C17H19N5/c1-11-6-7-15(22-21-11)14-10-16(19-12-4-2-3-5-12)20-17-13(14)8-9-18-17/h6-10,12H,2-5H2,1H3,(H2,18,19,20). The molecule has 1 fully saturated rings. The van der Waals surface area contributed by atoms with Crippen LogP contribution in [0.25, 0.3) is 22.3 Å². The Morgan fingerprint density at radius 2 is 2.00 bits per heavy atom. The second kappa shape index (κ2) is 5.40. The van der Waals surface area contributed by atoms with Crippen LogP contribution < -0.4 is 5.32 Å². The lowest BCUT2D eigenvalue weighted by atomic mass is 10.1. The number of rotatable bonds is 3. The van der Waals surface area contributed by atoms with Crippen LogP contribution in [0.2, 0.25) is 0 Å². The Morgan fingerprint density at radius 3 is 2.77 bits per heavy atom. The van der Waals surface area contributed by atoms with Gasteiger partial charge in [-0.1, -0.05) is 12.8 Å². The number of hydrogen-bond donors (Lipinski definition) is 2. The number of aromatic amines is 1. The van der Waals surface area contributed by atoms with E-state index in [1.807, 2.05) is 31.3 Å². The highest BCUT2D eigenvalue weighted by molar-refractivity contribution is 5.93. The molecule has 0 atom stereocenters. The van der Waals surface area contributed by atoms with E-state index >= 15 is 0 Å². The van der Waals surface area contributed by atoms with Gasteiger partial charge in [0, 0.05) is 23.2 Å². The zero-order valence-electron chi connectivity index (χ0n) is 12.6. The summed E-state index contributed by atoms with van der Waals surface area (Å²) in [6, 6.07) is 8.68. The molecule has 0 aliphatic heterocycles. The van der Waals surface area contributed by atoms with Gasteiger partial charge in [-0.3, -0.25) is 0 Å². The average molecular weight is 293 g/mol. The highest BCUT2D eigenvalue weighted by Gasteiger charge is 2.17. The summed E-state index contributed by atoms with van der Waals surface area (Å²) in [4.78, 5) is 7.89. The van der Waals surface area contributed by atoms with E-state index in [0.29, 0.717) is 6.04 Å². The number of H-pyrrole nitrogens is 1. The van der Waals surface area contributed by atoms with Crippen molar-refractivity contribution in [2.75, 3.05) is 5.32 Å². The minimum Gasteiger partial charge on any atom is -0.367 e. The van der Waals surface area contributed by atoms with Gasteiger partial charge in [0.25, 0.3) is 0 Å². The maximum atomic E-state index is 4.69. The van der Waals surface area contributed by atoms with Gasteiger partial charge in [-0.25, -0.2) is 4.98 Å². The Kier molecular flexibility index (Phi) is 3.25. The van der Waals surface area contributed by atoms with E-state index in [0.717, 1.165) is 33.8 Å². The van der Waals surface area contributed by atoms with Crippen molar-refractivity contribution in [1.29, 1.82) is 0 Å². The molecular formula is C17H19N5. The molecule has 0 aromatic carbocycles. The van der Waals surface area contributed by atoms with Crippen LogP contribution in [0.15, 0.2) is 30.5 Å². The van der Waals surface area contributed by atoms with Crippen molar-refractivity contribution in [3.63, 3.8) is 0 Å². The van der Waals surface area contributed by atoms with Crippen molar-refractivity contribution in [1.82, 2.24) is 20.2 Å². The van der Waals surface area contributed by atoms with Crippen LogP contribution in [0.1, 0.15) is 31.4 Å². The van der Waals surface area contributed by atoms with Crippen molar-refractivity contribution in [2.24, 2.45) is 0 Å². The number of hydrogen-bond acceptors (Lipinski definition) is 4. The summed E-state index contributed by atoms with van der Waals surface area (Å²) in [5.41, 5.74) is 3.76. The molecule has 1 saturated carbocycles. The fourth-order valence-electron chi connectivity index (χ4n) is 3.15. The van der Waals surface area contributed by atoms with Gasteiger partial charge >= 0.3 is 0 Å². The first-order chi connectivity index (χ1) is 10.8. The molecule has 0 saturated heterocycles. The third-order valence-corrected chi connectivity index (χ3v) is 4.31. The van der Waals surface area contributed by atoms with Gasteiger partial charge in [0.2, 0.25) is 0 Å². The normalized spacial score (nSPS) is 15.5. The van der Waals surface area contributed by atoms with E-state index in [1.165, 1.54) is 25.7 Å². The van der Waals surface area contributed by atoms with Gasteiger partial charge in [0.1, 0.15) is 11.5 Å². The molecule has 22 heavy (non-hydrogen) atoms. The summed E-state index contributed by atoms with van der Waals surface area (Å²) in [7, 11) is 0. The number of pyridine rings is 1. The van der Waals surface area contributed by atoms with Gasteiger partial charge in [-0.2, -0.15) is 10.2 Å². The molecule has 5 nitrogen and oxygen atoms in total. The van der Waals surface area contributed by atoms with Crippen LogP contribution in [0.4, 0.5) is 5.82 Å². The van der Waals surface area contributed by atoms with Gasteiger partial charge in [-0.15, -0.1) is 0 Å². The van der Waals surface area contributed by atoms with Crippen LogP contribution >= 0.6 is 0 Å². The summed E-state index contributed by atoms with van der Waals surface area (Å²) in [5.74, 6) is 0.916. The van der Waals surface area contributed by atoms with Crippen LogP contribution in [-0.4, -0.2) is 26.2 Å². The van der Waals surface area contributed by atoms with E-state index in [-0.39, 0.29) is 0 Å². The molecule has 0 radical (unpaired) electrons. The Balaban J connectivity index is 1.78. The Labute approximate surface area is 129 Å². The molecule has 2 N–H and O–H groups in total. The molecule has 3 aromatic rings. The minimum absolute atomic E-state index is 0.539. The maximum Gasteiger partial charge on any atom is 0.140 e. The number of nitrogens with one attached hydrogen (secondary N) is 2. The number of anilines is 1. The summed E-state index contributed by atoms with van der Waals surface area (Å²) in [6.45, 7) is 1.95. The second-order valence-corrected chi connectivity index (χ2v) is 5.98. The lowest BCUT2D eigenvalue weighted by molar-refractivity contribution is 0.751. The van der Waals surface area contributed by atoms with Crippen LogP contribution in [0, 0.1) is 6.92 Å². The SMILES string of the molecule is Cc1ccc(-c2cc(NC3CCCC3)nc3[nH]ccc23)nn1. The zero-order chi connectivity index (χ0) is 14.9. The summed E-state index contributed by atoms with van der Waals surface area (Å²) < 4.78 is 0. The lowest BCUT2D eigenvalue weighted by Crippen LogP contribution is -2.15. The van der Waals surface area contributed by atoms with E-state index in [1.54, 1.807) is 0 Å². The Morgan fingerprint density at radius 1 is 1.14 bits per heavy atom. The Hall–Kier alpha value is -2.43. The van der Waals surface area contributed by atoms with Gasteiger partial charge in [0.05, 0.1) is 11.4 Å². The molecule has 0 spiro atoms. The highest BCUT2D eigenvalue weighted by atomic mass is 15.1. The third-order valence-electron chi connectivity index (χ3n) is 4.31. The molecule has 1 aliphatic rings. The maximum absolute atomic E-state index is 4.69. The van der Waals surface area contributed by atoms with Crippen molar-refractivity contribution >= 4 is 16.9 Å². The largest absolute Gasteiger partial charge is 0.367 e. The molecule has 5 heteroatoms. The smallest absolute Gasteiger partial charge is 0.140 e. The van der Waals surface area contributed by atoms with Gasteiger partial charge in [0.15, 0.2) is 0 Å². The topological polar surface area (TPSA) is 66.5 Å². The predicted octanol–water partition coefficient (Wildman–Crippen LogP) is 3.68. The van der Waals surface area contributed by atoms with Crippen molar-refractivity contribution in [2.45, 2.75) is 38.6 Å². The van der Waals surface area contributed by atoms with Crippen LogP contribution in [0.3, 0.4) is 0 Å². The number of fused-ring (bicyclic) bond motifs is 1. The summed E-state index contributed by atoms with van der Waals surface area (Å²) in [6.07, 6.45) is 6.98. The van der Waals surface area contributed by atoms with Crippen molar-refractivity contribution in [3.05, 3.63) is 36.2 Å². The molecule has 0 amide bonds. The molecule has 4 rings (SSSR count). The van der Waals surface area contributed by atoms with Gasteiger partial charge < -0.3 is 10.3 Å². The third kappa shape index (κ3) is 2.43. The first-order valence-corrected chi connectivity index (χ1v) is 7.85. The van der Waals surface area contributed by atoms with Crippen molar-refractivity contribution in [3.8, 4) is 11.3 Å². The monoisotopic (exact) mass is 293 g/mol. The fraction of sp³-hybridized carbons (Fsp3) is 0.353. The lowest BCUT2D eigenvalue weighted by Gasteiger charge is -2.14. The first kappa shape index (κ1) is 13.2. The molecular weight excluding hydrogens is 274 g/mol. The molecule has 0 bridgehead atoms. The van der Waals surface area contributed by atoms with Crippen LogP contribution in [0.5, 0.6) is 0 Å². The van der Waals surface area contributed by atoms with E-state index < -0.39 is 0 Å². The summed E-state index contributed by atoms with van der Waals surface area (Å²) >= 11 is 0. The second-order valence-electron chi connectivity index (χ2n) is 5.98. The highest BCUT2D eigenvalue weighted by Crippen LogP contribution is 2.30. The zero-order valence-corrected chi connectivity index (χ0v) is 12.6. The number of aromatic nitrogens is 4. The number of aryl methyl sites for hydroxylation is 1. The average Bonchev–Trinajstić information content (AvgIpc) is 3.18. The number of nitrogens with zero attached hydrogens (tertiary/aromatic N) is 3. The van der Waals surface area contributed by atoms with E-state index in [4.69, 9.17) is 0 Å². The first-order valence-electron chi connectivity index (χ1n) is 7.85. The Bertz CT molecular complexity index is 784. The van der Waals surface area contributed by atoms with Crippen molar-refractivity contribution < 1.29 is 0 Å². The van der Waals surface area contributed by atoms with E-state index in [2.05, 4.69) is 31.5 Å². The minimum atomic E-state index is 0.539. The van der Waals surface area contributed by atoms with Gasteiger partial charge in [-0.05, 0) is 44.0 Å². The summed E-state index contributed by atoms with van der Waals surface area (Å²) in [5, 5.41) is 13.2. The van der Waals surface area contributed by atoms with E-state index in [9.17, 15) is 0 Å². The molecule has 112 valence electrons. The fourth-order valence-corrected chi connectivity index (χ4v) is 3.15.